The van der Waals surface area contributed by atoms with E-state index in [4.69, 9.17) is 4.74 Å². The summed E-state index contributed by atoms with van der Waals surface area (Å²) < 4.78 is 5.44. The Balaban J connectivity index is 1.70. The molecule has 0 atom stereocenters. The summed E-state index contributed by atoms with van der Waals surface area (Å²) in [6, 6.07) is 17.2. The van der Waals surface area contributed by atoms with E-state index in [0.29, 0.717) is 30.5 Å². The van der Waals surface area contributed by atoms with Crippen molar-refractivity contribution in [2.75, 3.05) is 11.9 Å². The zero-order valence-electron chi connectivity index (χ0n) is 16.3. The zero-order chi connectivity index (χ0) is 19.9. The van der Waals surface area contributed by atoms with Gasteiger partial charge in [-0.3, -0.25) is 4.79 Å². The number of amides is 1. The van der Waals surface area contributed by atoms with Gasteiger partial charge in [0.1, 0.15) is 11.4 Å². The lowest BCUT2D eigenvalue weighted by Gasteiger charge is -2.10. The van der Waals surface area contributed by atoms with E-state index in [-0.39, 0.29) is 5.91 Å². The second-order valence-electron chi connectivity index (χ2n) is 6.41. The number of aryl methyl sites for hydroxylation is 2. The normalized spacial score (nSPS) is 10.4. The average Bonchev–Trinajstić information content (AvgIpc) is 2.68. The molecule has 2 N–H and O–H groups in total. The predicted molar refractivity (Wildman–Crippen MR) is 110 cm³/mol. The van der Waals surface area contributed by atoms with Crippen molar-refractivity contribution in [2.45, 2.75) is 27.3 Å². The van der Waals surface area contributed by atoms with E-state index in [1.165, 1.54) is 0 Å². The first-order chi connectivity index (χ1) is 13.5. The number of hydrogen-bond acceptors (Lipinski definition) is 5. The van der Waals surface area contributed by atoms with E-state index in [9.17, 15) is 4.79 Å². The van der Waals surface area contributed by atoms with E-state index in [1.54, 1.807) is 6.07 Å². The van der Waals surface area contributed by atoms with Crippen LogP contribution in [-0.4, -0.2) is 22.5 Å². The van der Waals surface area contributed by atoms with Crippen molar-refractivity contribution in [3.05, 3.63) is 77.1 Å². The van der Waals surface area contributed by atoms with Crippen molar-refractivity contribution in [1.82, 2.24) is 15.3 Å². The van der Waals surface area contributed by atoms with E-state index in [1.807, 2.05) is 69.3 Å². The highest BCUT2D eigenvalue weighted by Gasteiger charge is 2.11. The van der Waals surface area contributed by atoms with Crippen molar-refractivity contribution >= 4 is 17.5 Å². The van der Waals surface area contributed by atoms with E-state index >= 15 is 0 Å². The van der Waals surface area contributed by atoms with Crippen LogP contribution in [0.3, 0.4) is 0 Å². The lowest BCUT2D eigenvalue weighted by Crippen LogP contribution is -2.24. The first-order valence-corrected chi connectivity index (χ1v) is 9.23. The Morgan fingerprint density at radius 1 is 1.04 bits per heavy atom. The van der Waals surface area contributed by atoms with Gasteiger partial charge in [-0.05, 0) is 62.2 Å². The molecule has 144 valence electrons. The number of rotatable bonds is 7. The number of benzene rings is 2. The summed E-state index contributed by atoms with van der Waals surface area (Å²) in [4.78, 5) is 21.3. The van der Waals surface area contributed by atoms with Crippen molar-refractivity contribution in [2.24, 2.45) is 0 Å². The van der Waals surface area contributed by atoms with Crippen LogP contribution in [-0.2, 0) is 6.54 Å². The average molecular weight is 376 g/mol. The highest BCUT2D eigenvalue weighted by molar-refractivity contribution is 5.92. The van der Waals surface area contributed by atoms with E-state index < -0.39 is 0 Å². The molecule has 6 nitrogen and oxygen atoms in total. The number of carbonyl (C=O) groups is 1. The number of nitrogens with one attached hydrogen (secondary N) is 2. The maximum Gasteiger partial charge on any atom is 0.270 e. The van der Waals surface area contributed by atoms with E-state index in [2.05, 4.69) is 20.6 Å². The van der Waals surface area contributed by atoms with Gasteiger partial charge in [-0.25, -0.2) is 9.97 Å². The third-order valence-electron chi connectivity index (χ3n) is 4.21. The fraction of sp³-hybridized carbons (Fsp3) is 0.227. The van der Waals surface area contributed by atoms with Crippen LogP contribution in [0.4, 0.5) is 11.6 Å². The van der Waals surface area contributed by atoms with Crippen LogP contribution in [0.15, 0.2) is 54.6 Å². The Morgan fingerprint density at radius 2 is 1.79 bits per heavy atom. The second-order valence-corrected chi connectivity index (χ2v) is 6.41. The molecule has 0 bridgehead atoms. The third-order valence-corrected chi connectivity index (χ3v) is 4.21. The lowest BCUT2D eigenvalue weighted by molar-refractivity contribution is 0.0945. The van der Waals surface area contributed by atoms with Crippen LogP contribution >= 0.6 is 0 Å². The summed E-state index contributed by atoms with van der Waals surface area (Å²) in [7, 11) is 0. The number of nitrogens with zero attached hydrogens (tertiary/aromatic N) is 2. The number of ether oxygens (including phenoxy) is 1. The molecule has 0 saturated heterocycles. The highest BCUT2D eigenvalue weighted by Crippen LogP contribution is 2.18. The molecule has 0 aliphatic carbocycles. The molecule has 6 heteroatoms. The van der Waals surface area contributed by atoms with Crippen LogP contribution in [0.1, 0.15) is 34.2 Å². The fourth-order valence-corrected chi connectivity index (χ4v) is 2.75. The minimum atomic E-state index is -0.233. The molecule has 0 saturated carbocycles. The second kappa shape index (κ2) is 8.99. The van der Waals surface area contributed by atoms with Crippen molar-refractivity contribution < 1.29 is 9.53 Å². The fourth-order valence-electron chi connectivity index (χ4n) is 2.75. The van der Waals surface area contributed by atoms with Crippen LogP contribution in [0, 0.1) is 13.8 Å². The molecule has 0 aliphatic rings. The standard InChI is InChI=1S/C22H24N4O2/c1-4-28-19-11-9-18(10-12-19)25-22-24-16(3)13-20(26-22)21(27)23-14-17-8-6-5-7-15(17)2/h5-13H,4,14H2,1-3H3,(H,23,27)(H,24,25,26). The summed E-state index contributed by atoms with van der Waals surface area (Å²) in [5.41, 5.74) is 4.08. The van der Waals surface area contributed by atoms with Gasteiger partial charge < -0.3 is 15.4 Å². The predicted octanol–water partition coefficient (Wildman–Crippen LogP) is 4.17. The summed E-state index contributed by atoms with van der Waals surface area (Å²) in [6.07, 6.45) is 0. The Bertz CT molecular complexity index is 955. The van der Waals surface area contributed by atoms with Gasteiger partial charge in [-0.2, -0.15) is 0 Å². The first-order valence-electron chi connectivity index (χ1n) is 9.23. The van der Waals surface area contributed by atoms with Crippen LogP contribution in [0.2, 0.25) is 0 Å². The minimum Gasteiger partial charge on any atom is -0.494 e. The summed E-state index contributed by atoms with van der Waals surface area (Å²) in [6.45, 7) is 6.88. The molecule has 0 fully saturated rings. The Kier molecular flexibility index (Phi) is 6.22. The zero-order valence-corrected chi connectivity index (χ0v) is 16.3. The van der Waals surface area contributed by atoms with Crippen LogP contribution in [0.25, 0.3) is 0 Å². The summed E-state index contributed by atoms with van der Waals surface area (Å²) >= 11 is 0. The molecule has 1 aromatic heterocycles. The number of aromatic nitrogens is 2. The number of hydrogen-bond donors (Lipinski definition) is 2. The SMILES string of the molecule is CCOc1ccc(Nc2nc(C)cc(C(=O)NCc3ccccc3C)n2)cc1. The van der Waals surface area contributed by atoms with E-state index in [0.717, 1.165) is 22.6 Å². The van der Waals surface area contributed by atoms with Crippen LogP contribution < -0.4 is 15.4 Å². The molecule has 0 aliphatic heterocycles. The van der Waals surface area contributed by atoms with Gasteiger partial charge in [0, 0.05) is 17.9 Å². The molecule has 3 rings (SSSR count). The molecule has 0 spiro atoms. The number of carbonyl (C=O) groups excluding carboxylic acids is 1. The first kappa shape index (κ1) is 19.4. The molecule has 2 aromatic carbocycles. The van der Waals surface area contributed by atoms with Gasteiger partial charge in [-0.15, -0.1) is 0 Å². The van der Waals surface area contributed by atoms with Gasteiger partial charge in [0.25, 0.3) is 5.91 Å². The highest BCUT2D eigenvalue weighted by atomic mass is 16.5. The molecule has 1 amide bonds. The summed E-state index contributed by atoms with van der Waals surface area (Å²) in [5.74, 6) is 0.947. The maximum absolute atomic E-state index is 12.6. The molecule has 0 unspecified atom stereocenters. The van der Waals surface area contributed by atoms with Gasteiger partial charge >= 0.3 is 0 Å². The topological polar surface area (TPSA) is 76.1 Å². The Hall–Kier alpha value is -3.41. The monoisotopic (exact) mass is 376 g/mol. The molecule has 1 heterocycles. The largest absolute Gasteiger partial charge is 0.494 e. The third kappa shape index (κ3) is 5.07. The quantitative estimate of drug-likeness (QED) is 0.647. The van der Waals surface area contributed by atoms with Gasteiger partial charge in [0.2, 0.25) is 5.95 Å². The van der Waals surface area contributed by atoms with Gasteiger partial charge in [-0.1, -0.05) is 24.3 Å². The van der Waals surface area contributed by atoms with Crippen molar-refractivity contribution in [3.63, 3.8) is 0 Å². The smallest absolute Gasteiger partial charge is 0.270 e. The molecule has 0 radical (unpaired) electrons. The molecular weight excluding hydrogens is 352 g/mol. The minimum absolute atomic E-state index is 0.233. The Morgan fingerprint density at radius 3 is 2.50 bits per heavy atom. The Labute approximate surface area is 165 Å². The van der Waals surface area contributed by atoms with Crippen molar-refractivity contribution in [3.8, 4) is 5.75 Å². The maximum atomic E-state index is 12.6. The molecule has 28 heavy (non-hydrogen) atoms. The number of anilines is 2. The molecular formula is C22H24N4O2. The lowest BCUT2D eigenvalue weighted by atomic mass is 10.1. The summed E-state index contributed by atoms with van der Waals surface area (Å²) in [5, 5.41) is 6.06. The van der Waals surface area contributed by atoms with Gasteiger partial charge in [0.15, 0.2) is 0 Å². The van der Waals surface area contributed by atoms with Gasteiger partial charge in [0.05, 0.1) is 6.61 Å². The molecule has 3 aromatic rings. The van der Waals surface area contributed by atoms with Crippen molar-refractivity contribution in [1.29, 1.82) is 0 Å². The van der Waals surface area contributed by atoms with Crippen LogP contribution in [0.5, 0.6) is 5.75 Å².